The zero-order valence-electron chi connectivity index (χ0n) is 10.6. The fraction of sp³-hybridized carbons (Fsp3) is 0.545. The molecule has 0 aromatic carbocycles. The highest BCUT2D eigenvalue weighted by Crippen LogP contribution is 2.17. The summed E-state index contributed by atoms with van der Waals surface area (Å²) in [5, 5.41) is 4.16. The van der Waals surface area contributed by atoms with Gasteiger partial charge in [-0.25, -0.2) is 4.99 Å². The van der Waals surface area contributed by atoms with Crippen molar-refractivity contribution in [1.29, 1.82) is 0 Å². The van der Waals surface area contributed by atoms with E-state index in [1.165, 1.54) is 0 Å². The van der Waals surface area contributed by atoms with Gasteiger partial charge in [0.25, 0.3) is 5.91 Å². The number of hydrogen-bond acceptors (Lipinski definition) is 2. The molecule has 0 unspecified atom stereocenters. The minimum atomic E-state index is -0.160. The second kappa shape index (κ2) is 5.95. The van der Waals surface area contributed by atoms with Crippen LogP contribution in [0.2, 0.25) is 0 Å². The molecule has 1 heterocycles. The first-order chi connectivity index (χ1) is 7.95. The molecule has 1 aromatic heterocycles. The fourth-order valence-corrected chi connectivity index (χ4v) is 1.82. The highest BCUT2D eigenvalue weighted by atomic mass is 79.9. The van der Waals surface area contributed by atoms with Crippen molar-refractivity contribution in [1.82, 2.24) is 14.7 Å². The number of aryl methyl sites for hydroxylation is 1. The highest BCUT2D eigenvalue weighted by molar-refractivity contribution is 9.10. The van der Waals surface area contributed by atoms with E-state index in [1.54, 1.807) is 10.9 Å². The molecule has 1 rings (SSSR count). The predicted octanol–water partition coefficient (Wildman–Crippen LogP) is 1.71. The van der Waals surface area contributed by atoms with E-state index < -0.39 is 0 Å². The van der Waals surface area contributed by atoms with E-state index in [0.717, 1.165) is 16.7 Å². The van der Waals surface area contributed by atoms with Gasteiger partial charge in [-0.2, -0.15) is 5.10 Å². The Balaban J connectivity index is 2.75. The van der Waals surface area contributed by atoms with Gasteiger partial charge in [-0.05, 0) is 29.8 Å². The van der Waals surface area contributed by atoms with Gasteiger partial charge in [0.1, 0.15) is 10.4 Å². The van der Waals surface area contributed by atoms with Crippen LogP contribution in [-0.4, -0.2) is 40.5 Å². The number of carbonyl (C=O) groups excluding carboxylic acids is 1. The molecule has 0 radical (unpaired) electrons. The van der Waals surface area contributed by atoms with Crippen LogP contribution in [0.3, 0.4) is 0 Å². The number of amidine groups is 1. The maximum absolute atomic E-state index is 11.7. The molecule has 0 spiro atoms. The third-order valence-corrected chi connectivity index (χ3v) is 3.34. The second-order valence-electron chi connectivity index (χ2n) is 3.90. The molecule has 0 N–H and O–H groups in total. The van der Waals surface area contributed by atoms with Gasteiger partial charge in [-0.3, -0.25) is 9.48 Å². The molecule has 0 saturated heterocycles. The van der Waals surface area contributed by atoms with Crippen LogP contribution in [0.1, 0.15) is 19.4 Å². The van der Waals surface area contributed by atoms with Crippen molar-refractivity contribution in [3.63, 3.8) is 0 Å². The van der Waals surface area contributed by atoms with Crippen LogP contribution in [-0.2, 0) is 17.8 Å². The highest BCUT2D eigenvalue weighted by Gasteiger charge is 2.11. The molecule has 0 saturated carbocycles. The smallest absolute Gasteiger partial charge is 0.251 e. The molecule has 6 heteroatoms. The average molecular weight is 301 g/mol. The molecule has 0 aliphatic rings. The standard InChI is InChI=1S/C11H17BrN4O/c1-5-16-11(12)9(7-13-16)6-10(17)14-8(2)15(3)4/h7H,5-6H2,1-4H3/b14-8+. The Hall–Kier alpha value is -1.17. The van der Waals surface area contributed by atoms with E-state index >= 15 is 0 Å². The Labute approximate surface area is 110 Å². The lowest BCUT2D eigenvalue weighted by Gasteiger charge is -2.09. The van der Waals surface area contributed by atoms with Gasteiger partial charge in [0.2, 0.25) is 0 Å². The maximum atomic E-state index is 11.7. The van der Waals surface area contributed by atoms with Gasteiger partial charge in [0, 0.05) is 26.2 Å². The number of halogens is 1. The van der Waals surface area contributed by atoms with Crippen molar-refractivity contribution in [3.8, 4) is 0 Å². The number of hydrogen-bond donors (Lipinski definition) is 0. The average Bonchev–Trinajstić information content (AvgIpc) is 2.59. The summed E-state index contributed by atoms with van der Waals surface area (Å²) in [6.07, 6.45) is 1.97. The molecule has 0 aliphatic carbocycles. The quantitative estimate of drug-likeness (QED) is 0.631. The van der Waals surface area contributed by atoms with Crippen LogP contribution in [0.15, 0.2) is 15.8 Å². The molecular formula is C11H17BrN4O. The van der Waals surface area contributed by atoms with Crippen LogP contribution in [0.25, 0.3) is 0 Å². The zero-order valence-corrected chi connectivity index (χ0v) is 12.2. The van der Waals surface area contributed by atoms with Crippen LogP contribution in [0.5, 0.6) is 0 Å². The van der Waals surface area contributed by atoms with E-state index in [9.17, 15) is 4.79 Å². The summed E-state index contributed by atoms with van der Waals surface area (Å²) < 4.78 is 2.65. The van der Waals surface area contributed by atoms with Crippen LogP contribution >= 0.6 is 15.9 Å². The first-order valence-corrected chi connectivity index (χ1v) is 6.20. The summed E-state index contributed by atoms with van der Waals surface area (Å²) >= 11 is 3.42. The lowest BCUT2D eigenvalue weighted by atomic mass is 10.2. The van der Waals surface area contributed by atoms with E-state index in [4.69, 9.17) is 0 Å². The monoisotopic (exact) mass is 300 g/mol. The Bertz CT molecular complexity index is 437. The van der Waals surface area contributed by atoms with E-state index in [0.29, 0.717) is 5.84 Å². The Morgan fingerprint density at radius 1 is 1.59 bits per heavy atom. The molecular weight excluding hydrogens is 284 g/mol. The molecule has 17 heavy (non-hydrogen) atoms. The SMILES string of the molecule is CCn1ncc(CC(=O)/N=C(\C)N(C)C)c1Br. The normalized spacial score (nSPS) is 11.7. The van der Waals surface area contributed by atoms with Crippen molar-refractivity contribution < 1.29 is 4.79 Å². The van der Waals surface area contributed by atoms with Crippen molar-refractivity contribution in [2.24, 2.45) is 4.99 Å². The third kappa shape index (κ3) is 3.66. The van der Waals surface area contributed by atoms with Crippen LogP contribution < -0.4 is 0 Å². The number of nitrogens with zero attached hydrogens (tertiary/aromatic N) is 4. The van der Waals surface area contributed by atoms with E-state index in [1.807, 2.05) is 32.8 Å². The molecule has 0 atom stereocenters. The van der Waals surface area contributed by atoms with Crippen molar-refractivity contribution >= 4 is 27.7 Å². The minimum Gasteiger partial charge on any atom is -0.366 e. The number of aromatic nitrogens is 2. The van der Waals surface area contributed by atoms with Crippen LogP contribution in [0, 0.1) is 0 Å². The lowest BCUT2D eigenvalue weighted by Crippen LogP contribution is -2.20. The van der Waals surface area contributed by atoms with Gasteiger partial charge in [0.05, 0.1) is 12.6 Å². The summed E-state index contributed by atoms with van der Waals surface area (Å²) in [5.41, 5.74) is 0.868. The van der Waals surface area contributed by atoms with Crippen molar-refractivity contribution in [2.45, 2.75) is 26.8 Å². The van der Waals surface area contributed by atoms with Crippen molar-refractivity contribution in [3.05, 3.63) is 16.4 Å². The van der Waals surface area contributed by atoms with Crippen LogP contribution in [0.4, 0.5) is 0 Å². The minimum absolute atomic E-state index is 0.160. The molecule has 5 nitrogen and oxygen atoms in total. The Kier molecular flexibility index (Phi) is 4.86. The maximum Gasteiger partial charge on any atom is 0.251 e. The number of amides is 1. The molecule has 0 fully saturated rings. The van der Waals surface area contributed by atoms with Gasteiger partial charge in [-0.15, -0.1) is 0 Å². The largest absolute Gasteiger partial charge is 0.366 e. The lowest BCUT2D eigenvalue weighted by molar-refractivity contribution is -0.117. The zero-order chi connectivity index (χ0) is 13.0. The van der Waals surface area contributed by atoms with Gasteiger partial charge in [0.15, 0.2) is 0 Å². The number of aliphatic imine (C=N–C) groups is 1. The van der Waals surface area contributed by atoms with Gasteiger partial charge in [-0.1, -0.05) is 0 Å². The summed E-state index contributed by atoms with van der Waals surface area (Å²) in [5.74, 6) is 0.543. The molecule has 94 valence electrons. The summed E-state index contributed by atoms with van der Waals surface area (Å²) in [6.45, 7) is 4.58. The first-order valence-electron chi connectivity index (χ1n) is 5.41. The number of carbonyl (C=O) groups is 1. The second-order valence-corrected chi connectivity index (χ2v) is 4.65. The first kappa shape index (κ1) is 13.9. The topological polar surface area (TPSA) is 50.5 Å². The molecule has 1 aromatic rings. The summed E-state index contributed by atoms with van der Waals surface area (Å²) in [6, 6.07) is 0. The molecule has 0 bridgehead atoms. The molecule has 1 amide bonds. The van der Waals surface area contributed by atoms with E-state index in [-0.39, 0.29) is 12.3 Å². The fourth-order valence-electron chi connectivity index (χ4n) is 1.23. The predicted molar refractivity (Wildman–Crippen MR) is 71.1 cm³/mol. The summed E-state index contributed by atoms with van der Waals surface area (Å²) in [4.78, 5) is 17.5. The summed E-state index contributed by atoms with van der Waals surface area (Å²) in [7, 11) is 3.72. The van der Waals surface area contributed by atoms with Gasteiger partial charge < -0.3 is 4.90 Å². The third-order valence-electron chi connectivity index (χ3n) is 2.42. The van der Waals surface area contributed by atoms with Gasteiger partial charge >= 0.3 is 0 Å². The Morgan fingerprint density at radius 3 is 2.71 bits per heavy atom. The van der Waals surface area contributed by atoms with E-state index in [2.05, 4.69) is 26.0 Å². The Morgan fingerprint density at radius 2 is 2.24 bits per heavy atom. The number of rotatable bonds is 3. The van der Waals surface area contributed by atoms with Crippen molar-refractivity contribution in [2.75, 3.05) is 14.1 Å². The molecule has 0 aliphatic heterocycles.